The maximum absolute atomic E-state index is 12.2. The second-order valence-electron chi connectivity index (χ2n) is 7.45. The molecule has 0 aliphatic carbocycles. The zero-order valence-corrected chi connectivity index (χ0v) is 18.5. The van der Waals surface area contributed by atoms with E-state index in [4.69, 9.17) is 9.47 Å². The molecule has 0 atom stereocenters. The van der Waals surface area contributed by atoms with E-state index in [1.165, 1.54) is 6.08 Å². The molecule has 0 spiro atoms. The van der Waals surface area contributed by atoms with Crippen LogP contribution in [0.2, 0.25) is 0 Å². The summed E-state index contributed by atoms with van der Waals surface area (Å²) in [5, 5.41) is 5.46. The van der Waals surface area contributed by atoms with Gasteiger partial charge in [-0.3, -0.25) is 9.59 Å². The molecule has 0 saturated carbocycles. The predicted octanol–water partition coefficient (Wildman–Crippen LogP) is 4.18. The zero-order valence-electron chi connectivity index (χ0n) is 18.5. The first-order valence-electron chi connectivity index (χ1n) is 9.88. The van der Waals surface area contributed by atoms with Crippen molar-refractivity contribution in [3.05, 3.63) is 58.7 Å². The summed E-state index contributed by atoms with van der Waals surface area (Å²) in [6.45, 7) is 9.68. The Morgan fingerprint density at radius 2 is 1.70 bits per heavy atom. The minimum atomic E-state index is -0.357. The molecule has 0 bridgehead atoms. The van der Waals surface area contributed by atoms with E-state index in [-0.39, 0.29) is 24.5 Å². The first-order chi connectivity index (χ1) is 14.2. The first kappa shape index (κ1) is 23.0. The topological polar surface area (TPSA) is 76.7 Å². The molecule has 2 N–H and O–H groups in total. The van der Waals surface area contributed by atoms with Crippen LogP contribution in [0.25, 0.3) is 6.08 Å². The molecule has 0 aromatic heterocycles. The van der Waals surface area contributed by atoms with Crippen LogP contribution in [0.15, 0.2) is 36.4 Å². The van der Waals surface area contributed by atoms with E-state index in [0.717, 1.165) is 27.9 Å². The summed E-state index contributed by atoms with van der Waals surface area (Å²) in [4.78, 5) is 24.3. The summed E-state index contributed by atoms with van der Waals surface area (Å²) >= 11 is 0. The Hall–Kier alpha value is -3.28. The number of anilines is 1. The molecule has 2 rings (SSSR count). The minimum Gasteiger partial charge on any atom is -0.493 e. The monoisotopic (exact) mass is 410 g/mol. The van der Waals surface area contributed by atoms with E-state index in [0.29, 0.717) is 11.5 Å². The summed E-state index contributed by atoms with van der Waals surface area (Å²) in [6, 6.07) is 9.44. The van der Waals surface area contributed by atoms with Gasteiger partial charge in [-0.25, -0.2) is 0 Å². The van der Waals surface area contributed by atoms with Crippen LogP contribution in [0, 0.1) is 20.8 Å². The Labute approximate surface area is 178 Å². The van der Waals surface area contributed by atoms with Crippen molar-refractivity contribution < 1.29 is 19.1 Å². The van der Waals surface area contributed by atoms with Crippen molar-refractivity contribution in [3.8, 4) is 11.5 Å². The van der Waals surface area contributed by atoms with Gasteiger partial charge < -0.3 is 20.1 Å². The van der Waals surface area contributed by atoms with Crippen molar-refractivity contribution in [2.45, 2.75) is 40.7 Å². The summed E-state index contributed by atoms with van der Waals surface area (Å²) in [7, 11) is 1.57. The molecule has 0 saturated heterocycles. The predicted molar refractivity (Wildman–Crippen MR) is 120 cm³/mol. The van der Waals surface area contributed by atoms with Crippen molar-refractivity contribution in [3.63, 3.8) is 0 Å². The molecule has 0 fully saturated rings. The van der Waals surface area contributed by atoms with Gasteiger partial charge in [-0.05, 0) is 69.5 Å². The third-order valence-corrected chi connectivity index (χ3v) is 4.34. The lowest BCUT2D eigenvalue weighted by Crippen LogP contribution is -2.32. The van der Waals surface area contributed by atoms with Crippen LogP contribution < -0.4 is 20.1 Å². The van der Waals surface area contributed by atoms with E-state index >= 15 is 0 Å². The smallest absolute Gasteiger partial charge is 0.244 e. The highest BCUT2D eigenvalue weighted by Crippen LogP contribution is 2.29. The number of rotatable bonds is 8. The van der Waals surface area contributed by atoms with Gasteiger partial charge in [-0.1, -0.05) is 23.8 Å². The van der Waals surface area contributed by atoms with E-state index in [1.54, 1.807) is 25.3 Å². The van der Waals surface area contributed by atoms with Crippen molar-refractivity contribution in [2.75, 3.05) is 19.0 Å². The Morgan fingerprint density at radius 1 is 1.03 bits per heavy atom. The molecule has 0 heterocycles. The molecule has 30 heavy (non-hydrogen) atoms. The SMILES string of the molecule is COc1cc(/C=C/C(=O)NCC(=O)Nc2c(C)cc(C)cc2C)ccc1OC(C)C. The van der Waals surface area contributed by atoms with Crippen LogP contribution in [0.3, 0.4) is 0 Å². The van der Waals surface area contributed by atoms with Gasteiger partial charge in [-0.2, -0.15) is 0 Å². The lowest BCUT2D eigenvalue weighted by molar-refractivity contribution is -0.121. The maximum atomic E-state index is 12.2. The quantitative estimate of drug-likeness (QED) is 0.640. The van der Waals surface area contributed by atoms with Gasteiger partial charge in [0, 0.05) is 11.8 Å². The third-order valence-electron chi connectivity index (χ3n) is 4.34. The van der Waals surface area contributed by atoms with E-state index in [2.05, 4.69) is 10.6 Å². The highest BCUT2D eigenvalue weighted by Gasteiger charge is 2.10. The van der Waals surface area contributed by atoms with Crippen molar-refractivity contribution in [2.24, 2.45) is 0 Å². The fourth-order valence-corrected chi connectivity index (χ4v) is 3.10. The highest BCUT2D eigenvalue weighted by molar-refractivity contribution is 5.98. The molecule has 2 aromatic carbocycles. The number of carbonyl (C=O) groups excluding carboxylic acids is 2. The molecule has 0 aliphatic rings. The summed E-state index contributed by atoms with van der Waals surface area (Å²) in [6.07, 6.45) is 3.07. The van der Waals surface area contributed by atoms with Crippen molar-refractivity contribution >= 4 is 23.6 Å². The Kier molecular flexibility index (Phi) is 8.04. The number of nitrogens with one attached hydrogen (secondary N) is 2. The highest BCUT2D eigenvalue weighted by atomic mass is 16.5. The lowest BCUT2D eigenvalue weighted by Gasteiger charge is -2.13. The van der Waals surface area contributed by atoms with Crippen LogP contribution in [0.5, 0.6) is 11.5 Å². The van der Waals surface area contributed by atoms with Gasteiger partial charge >= 0.3 is 0 Å². The number of benzene rings is 2. The fraction of sp³-hybridized carbons (Fsp3) is 0.333. The van der Waals surface area contributed by atoms with Crippen LogP contribution in [0.1, 0.15) is 36.1 Å². The number of ether oxygens (including phenoxy) is 2. The molecule has 160 valence electrons. The van der Waals surface area contributed by atoms with Gasteiger partial charge in [-0.15, -0.1) is 0 Å². The Bertz CT molecular complexity index is 925. The van der Waals surface area contributed by atoms with Gasteiger partial charge in [0.05, 0.1) is 19.8 Å². The summed E-state index contributed by atoms with van der Waals surface area (Å²) in [5.74, 6) is 0.606. The third kappa shape index (κ3) is 6.65. The maximum Gasteiger partial charge on any atom is 0.244 e. The lowest BCUT2D eigenvalue weighted by atomic mass is 10.1. The molecular weight excluding hydrogens is 380 g/mol. The average molecular weight is 411 g/mol. The van der Waals surface area contributed by atoms with Crippen LogP contribution in [-0.4, -0.2) is 31.6 Å². The van der Waals surface area contributed by atoms with Crippen molar-refractivity contribution in [1.29, 1.82) is 0 Å². The molecule has 2 aromatic rings. The second-order valence-corrected chi connectivity index (χ2v) is 7.45. The van der Waals surface area contributed by atoms with Gasteiger partial charge in [0.1, 0.15) is 0 Å². The second kappa shape index (κ2) is 10.5. The normalized spacial score (nSPS) is 10.9. The standard InChI is InChI=1S/C24H30N2O4/c1-15(2)30-20-9-7-19(13-21(20)29-6)8-10-22(27)25-14-23(28)26-24-17(4)11-16(3)12-18(24)5/h7-13,15H,14H2,1-6H3,(H,25,27)(H,26,28)/b10-8+. The summed E-state index contributed by atoms with van der Waals surface area (Å²) < 4.78 is 11.0. The number of hydrogen-bond acceptors (Lipinski definition) is 4. The molecular formula is C24H30N2O4. The fourth-order valence-electron chi connectivity index (χ4n) is 3.10. The van der Waals surface area contributed by atoms with E-state index in [9.17, 15) is 9.59 Å². The van der Waals surface area contributed by atoms with Gasteiger partial charge in [0.2, 0.25) is 11.8 Å². The van der Waals surface area contributed by atoms with Crippen molar-refractivity contribution in [1.82, 2.24) is 5.32 Å². The first-order valence-corrected chi connectivity index (χ1v) is 9.88. The van der Waals surface area contributed by atoms with E-state index in [1.807, 2.05) is 52.8 Å². The zero-order chi connectivity index (χ0) is 22.3. The largest absolute Gasteiger partial charge is 0.493 e. The van der Waals surface area contributed by atoms with Gasteiger partial charge in [0.15, 0.2) is 11.5 Å². The number of carbonyl (C=O) groups is 2. The molecule has 0 aliphatic heterocycles. The minimum absolute atomic E-state index is 0.0321. The number of aryl methyl sites for hydroxylation is 3. The van der Waals surface area contributed by atoms with Crippen LogP contribution >= 0.6 is 0 Å². The number of amides is 2. The Morgan fingerprint density at radius 3 is 2.30 bits per heavy atom. The number of methoxy groups -OCH3 is 1. The number of hydrogen-bond donors (Lipinski definition) is 2. The molecule has 2 amide bonds. The molecule has 6 nitrogen and oxygen atoms in total. The molecule has 0 radical (unpaired) electrons. The van der Waals surface area contributed by atoms with Crippen LogP contribution in [0.4, 0.5) is 5.69 Å². The van der Waals surface area contributed by atoms with Crippen LogP contribution in [-0.2, 0) is 9.59 Å². The Balaban J connectivity index is 1.93. The van der Waals surface area contributed by atoms with Gasteiger partial charge in [0.25, 0.3) is 0 Å². The molecule has 0 unspecified atom stereocenters. The average Bonchev–Trinajstić information content (AvgIpc) is 2.67. The van der Waals surface area contributed by atoms with E-state index < -0.39 is 0 Å². The molecule has 6 heteroatoms. The summed E-state index contributed by atoms with van der Waals surface area (Å²) in [5.41, 5.74) is 4.69.